The number of amides is 1. The molecule has 2 aliphatic rings. The summed E-state index contributed by atoms with van der Waals surface area (Å²) in [6.45, 7) is 4.96. The van der Waals surface area contributed by atoms with Crippen molar-refractivity contribution in [3.05, 3.63) is 54.1 Å². The number of nitrogens with zero attached hydrogens (tertiary/aromatic N) is 2. The third-order valence-corrected chi connectivity index (χ3v) is 7.86. The summed E-state index contributed by atoms with van der Waals surface area (Å²) in [5.41, 5.74) is 1.38. The maximum Gasteiger partial charge on any atom is 0.249 e. The number of benzene rings is 2. The van der Waals surface area contributed by atoms with Crippen molar-refractivity contribution in [3.8, 4) is 5.75 Å². The monoisotopic (exact) mass is 473 g/mol. The highest BCUT2D eigenvalue weighted by Crippen LogP contribution is 2.32. The third kappa shape index (κ3) is 5.31. The zero-order valence-electron chi connectivity index (χ0n) is 18.9. The number of carbonyl (C=O) groups is 1. The SMILES string of the molecule is CCOc1ccc(NC(C(=O)N2CCCC2)c2ccccc2)cc1S(=O)(=O)N1CCOCC1. The van der Waals surface area contributed by atoms with Gasteiger partial charge in [-0.05, 0) is 43.5 Å². The molecule has 2 aromatic carbocycles. The van der Waals surface area contributed by atoms with Crippen LogP contribution in [0.5, 0.6) is 5.75 Å². The topological polar surface area (TPSA) is 88.2 Å². The molecule has 0 aliphatic carbocycles. The van der Waals surface area contributed by atoms with E-state index in [2.05, 4.69) is 5.32 Å². The zero-order valence-corrected chi connectivity index (χ0v) is 19.7. The molecule has 0 aromatic heterocycles. The van der Waals surface area contributed by atoms with Gasteiger partial charge in [0.15, 0.2) is 0 Å². The summed E-state index contributed by atoms with van der Waals surface area (Å²) < 4.78 is 39.2. The van der Waals surface area contributed by atoms with Gasteiger partial charge < -0.3 is 19.7 Å². The van der Waals surface area contributed by atoms with Crippen LogP contribution in [0.4, 0.5) is 5.69 Å². The van der Waals surface area contributed by atoms with E-state index in [0.29, 0.717) is 44.3 Å². The second-order valence-corrected chi connectivity index (χ2v) is 10.0. The minimum Gasteiger partial charge on any atom is -0.492 e. The van der Waals surface area contributed by atoms with E-state index in [1.807, 2.05) is 42.2 Å². The van der Waals surface area contributed by atoms with Crippen LogP contribution in [0, 0.1) is 0 Å². The predicted molar refractivity (Wildman–Crippen MR) is 126 cm³/mol. The summed E-state index contributed by atoms with van der Waals surface area (Å²) in [7, 11) is -3.78. The zero-order chi connectivity index (χ0) is 23.3. The Labute approximate surface area is 195 Å². The first-order chi connectivity index (χ1) is 16.0. The number of rotatable bonds is 8. The summed E-state index contributed by atoms with van der Waals surface area (Å²) in [5.74, 6) is 0.293. The number of carbonyl (C=O) groups excluding carboxylic acids is 1. The van der Waals surface area contributed by atoms with Crippen molar-refractivity contribution >= 4 is 21.6 Å². The van der Waals surface area contributed by atoms with Crippen LogP contribution < -0.4 is 10.1 Å². The molecule has 0 radical (unpaired) electrons. The molecular weight excluding hydrogens is 442 g/mol. The fourth-order valence-electron chi connectivity index (χ4n) is 4.22. The standard InChI is InChI=1S/C24H31N3O5S/c1-2-32-21-11-10-20(18-22(21)33(29,30)27-14-16-31-17-15-27)25-23(19-8-4-3-5-9-19)24(28)26-12-6-7-13-26/h3-5,8-11,18,23,25H,2,6-7,12-17H2,1H3. The van der Waals surface area contributed by atoms with Gasteiger partial charge in [-0.2, -0.15) is 4.31 Å². The van der Waals surface area contributed by atoms with Crippen LogP contribution in [-0.2, 0) is 19.6 Å². The van der Waals surface area contributed by atoms with Gasteiger partial charge in [0, 0.05) is 31.9 Å². The first-order valence-electron chi connectivity index (χ1n) is 11.5. The third-order valence-electron chi connectivity index (χ3n) is 5.94. The van der Waals surface area contributed by atoms with Crippen LogP contribution >= 0.6 is 0 Å². The van der Waals surface area contributed by atoms with Gasteiger partial charge in [0.1, 0.15) is 16.7 Å². The lowest BCUT2D eigenvalue weighted by Gasteiger charge is -2.28. The van der Waals surface area contributed by atoms with Crippen LogP contribution in [0.1, 0.15) is 31.4 Å². The minimum atomic E-state index is -3.78. The van der Waals surface area contributed by atoms with Crippen molar-refractivity contribution < 1.29 is 22.7 Å². The lowest BCUT2D eigenvalue weighted by Crippen LogP contribution is -2.40. The van der Waals surface area contributed by atoms with Crippen molar-refractivity contribution in [3.63, 3.8) is 0 Å². The van der Waals surface area contributed by atoms with Crippen LogP contribution in [0.3, 0.4) is 0 Å². The molecule has 0 spiro atoms. The number of likely N-dealkylation sites (tertiary alicyclic amines) is 1. The molecule has 0 saturated carbocycles. The number of morpholine rings is 1. The lowest BCUT2D eigenvalue weighted by molar-refractivity contribution is -0.131. The van der Waals surface area contributed by atoms with E-state index >= 15 is 0 Å². The number of anilines is 1. The first-order valence-corrected chi connectivity index (χ1v) is 12.9. The van der Waals surface area contributed by atoms with E-state index in [1.54, 1.807) is 18.2 Å². The van der Waals surface area contributed by atoms with Crippen molar-refractivity contribution in [2.24, 2.45) is 0 Å². The maximum atomic E-state index is 13.4. The Hall–Kier alpha value is -2.62. The number of ether oxygens (including phenoxy) is 2. The molecule has 178 valence electrons. The fraction of sp³-hybridized carbons (Fsp3) is 0.458. The highest BCUT2D eigenvalue weighted by molar-refractivity contribution is 7.89. The van der Waals surface area contributed by atoms with Gasteiger partial charge in [-0.3, -0.25) is 4.79 Å². The van der Waals surface area contributed by atoms with Gasteiger partial charge in [-0.25, -0.2) is 8.42 Å². The molecule has 2 fully saturated rings. The van der Waals surface area contributed by atoms with E-state index in [9.17, 15) is 13.2 Å². The number of nitrogens with one attached hydrogen (secondary N) is 1. The van der Waals surface area contributed by atoms with Crippen molar-refractivity contribution in [2.45, 2.75) is 30.7 Å². The van der Waals surface area contributed by atoms with Gasteiger partial charge >= 0.3 is 0 Å². The van der Waals surface area contributed by atoms with Crippen molar-refractivity contribution in [1.29, 1.82) is 0 Å². The van der Waals surface area contributed by atoms with Gasteiger partial charge in [-0.1, -0.05) is 30.3 Å². The lowest BCUT2D eigenvalue weighted by atomic mass is 10.1. The van der Waals surface area contributed by atoms with Crippen LogP contribution in [0.15, 0.2) is 53.4 Å². The Morgan fingerprint density at radius 1 is 1.06 bits per heavy atom. The van der Waals surface area contributed by atoms with Crippen LogP contribution in [0.25, 0.3) is 0 Å². The average Bonchev–Trinajstić information content (AvgIpc) is 3.39. The Kier molecular flexibility index (Phi) is 7.52. The normalized spacial score (nSPS) is 18.2. The van der Waals surface area contributed by atoms with E-state index in [0.717, 1.165) is 31.5 Å². The number of sulfonamides is 1. The Morgan fingerprint density at radius 3 is 2.42 bits per heavy atom. The molecule has 8 nitrogen and oxygen atoms in total. The molecule has 2 aliphatic heterocycles. The fourth-order valence-corrected chi connectivity index (χ4v) is 5.79. The molecule has 1 unspecified atom stereocenters. The highest BCUT2D eigenvalue weighted by Gasteiger charge is 2.31. The predicted octanol–water partition coefficient (Wildman–Crippen LogP) is 2.88. The molecule has 2 aromatic rings. The highest BCUT2D eigenvalue weighted by atomic mass is 32.2. The quantitative estimate of drug-likeness (QED) is 0.634. The van der Waals surface area contributed by atoms with Gasteiger partial charge in [-0.15, -0.1) is 0 Å². The van der Waals surface area contributed by atoms with Gasteiger partial charge in [0.05, 0.1) is 19.8 Å². The molecule has 9 heteroatoms. The molecule has 2 saturated heterocycles. The largest absolute Gasteiger partial charge is 0.492 e. The number of hydrogen-bond donors (Lipinski definition) is 1. The first kappa shape index (κ1) is 23.5. The average molecular weight is 474 g/mol. The van der Waals surface area contributed by atoms with E-state index in [1.165, 1.54) is 4.31 Å². The molecular formula is C24H31N3O5S. The second-order valence-electron chi connectivity index (χ2n) is 8.13. The molecule has 2 heterocycles. The van der Waals surface area contributed by atoms with Crippen LogP contribution in [0.2, 0.25) is 0 Å². The van der Waals surface area contributed by atoms with Crippen molar-refractivity contribution in [1.82, 2.24) is 9.21 Å². The number of hydrogen-bond acceptors (Lipinski definition) is 6. The Balaban J connectivity index is 1.68. The summed E-state index contributed by atoms with van der Waals surface area (Å²) in [4.78, 5) is 15.3. The summed E-state index contributed by atoms with van der Waals surface area (Å²) in [5, 5.41) is 3.30. The Morgan fingerprint density at radius 2 is 1.76 bits per heavy atom. The van der Waals surface area contributed by atoms with E-state index < -0.39 is 16.1 Å². The second kappa shape index (κ2) is 10.5. The van der Waals surface area contributed by atoms with E-state index in [-0.39, 0.29) is 10.8 Å². The molecule has 1 amide bonds. The molecule has 4 rings (SSSR count). The summed E-state index contributed by atoms with van der Waals surface area (Å²) >= 11 is 0. The molecule has 0 bridgehead atoms. The molecule has 33 heavy (non-hydrogen) atoms. The van der Waals surface area contributed by atoms with Gasteiger partial charge in [0.25, 0.3) is 0 Å². The summed E-state index contributed by atoms with van der Waals surface area (Å²) in [6.07, 6.45) is 2.00. The minimum absolute atomic E-state index is 0.00910. The molecule has 1 N–H and O–H groups in total. The van der Waals surface area contributed by atoms with Gasteiger partial charge in [0.2, 0.25) is 15.9 Å². The molecule has 1 atom stereocenters. The maximum absolute atomic E-state index is 13.4. The van der Waals surface area contributed by atoms with E-state index in [4.69, 9.17) is 9.47 Å². The van der Waals surface area contributed by atoms with Crippen LogP contribution in [-0.4, -0.2) is 69.5 Å². The van der Waals surface area contributed by atoms with Crippen molar-refractivity contribution in [2.75, 3.05) is 51.3 Å². The Bertz CT molecular complexity index is 1050. The summed E-state index contributed by atoms with van der Waals surface area (Å²) in [6, 6.07) is 13.9. The smallest absolute Gasteiger partial charge is 0.249 e.